The summed E-state index contributed by atoms with van der Waals surface area (Å²) in [6.45, 7) is 3.40. The lowest BCUT2D eigenvalue weighted by molar-refractivity contribution is -0.118. The number of hydrogen-bond donors (Lipinski definition) is 1. The number of benzene rings is 1. The van der Waals surface area contributed by atoms with Crippen molar-refractivity contribution in [3.8, 4) is 0 Å². The minimum absolute atomic E-state index is 0.0824. The summed E-state index contributed by atoms with van der Waals surface area (Å²) < 4.78 is 19.0. The lowest BCUT2D eigenvalue weighted by Crippen LogP contribution is -2.19. The van der Waals surface area contributed by atoms with Crippen LogP contribution in [0.1, 0.15) is 48.1 Å². The lowest BCUT2D eigenvalue weighted by atomic mass is 10.1. The maximum Gasteiger partial charge on any atom is 0.342 e. The molecule has 3 heterocycles. The summed E-state index contributed by atoms with van der Waals surface area (Å²) in [6.07, 6.45) is 2.68. The number of amides is 1. The highest BCUT2D eigenvalue weighted by atomic mass is 32.2. The minimum atomic E-state index is -0.406. The van der Waals surface area contributed by atoms with Crippen LogP contribution in [-0.4, -0.2) is 46.0 Å². The van der Waals surface area contributed by atoms with Gasteiger partial charge < -0.3 is 24.2 Å². The second-order valence-electron chi connectivity index (χ2n) is 7.52. The molecular weight excluding hydrogens is 432 g/mol. The number of carbonyl (C=O) groups excluding carboxylic acids is 2. The Morgan fingerprint density at radius 2 is 2.16 bits per heavy atom. The van der Waals surface area contributed by atoms with Crippen molar-refractivity contribution in [2.45, 2.75) is 56.2 Å². The van der Waals surface area contributed by atoms with Crippen LogP contribution in [0, 0.1) is 0 Å². The van der Waals surface area contributed by atoms with Gasteiger partial charge in [-0.1, -0.05) is 30.0 Å². The topological polar surface area (TPSA) is 122 Å². The van der Waals surface area contributed by atoms with Gasteiger partial charge in [0.05, 0.1) is 25.0 Å². The Bertz CT molecular complexity index is 1100. The number of ether oxygens (including phenoxy) is 2. The van der Waals surface area contributed by atoms with Gasteiger partial charge in [-0.2, -0.15) is 0 Å². The van der Waals surface area contributed by atoms with E-state index in [1.54, 1.807) is 6.92 Å². The van der Waals surface area contributed by atoms with Crippen LogP contribution in [0.15, 0.2) is 33.8 Å². The van der Waals surface area contributed by atoms with Gasteiger partial charge in [0.25, 0.3) is 0 Å². The fraction of sp³-hybridized carbons (Fsp3) is 0.455. The van der Waals surface area contributed by atoms with Crippen LogP contribution in [0.2, 0.25) is 0 Å². The Labute approximate surface area is 189 Å². The van der Waals surface area contributed by atoms with E-state index in [-0.39, 0.29) is 25.0 Å². The number of hydrogen-bond acceptors (Lipinski definition) is 8. The molecule has 9 nitrogen and oxygen atoms in total. The van der Waals surface area contributed by atoms with Gasteiger partial charge in [-0.25, -0.2) is 4.79 Å². The molecule has 10 heteroatoms. The van der Waals surface area contributed by atoms with Crippen molar-refractivity contribution in [1.29, 1.82) is 0 Å². The SMILES string of the molecule is CCOC(=O)c1c(CSc2nnc(CCC(N)=O)n2C[C@@H]2CCCO2)oc2ccccc12. The van der Waals surface area contributed by atoms with Crippen molar-refractivity contribution >= 4 is 34.6 Å². The number of fused-ring (bicyclic) bond motifs is 1. The molecule has 1 amide bonds. The van der Waals surface area contributed by atoms with E-state index in [0.29, 0.717) is 46.6 Å². The summed E-state index contributed by atoms with van der Waals surface area (Å²) in [7, 11) is 0. The predicted molar refractivity (Wildman–Crippen MR) is 118 cm³/mol. The number of aromatic nitrogens is 3. The summed E-state index contributed by atoms with van der Waals surface area (Å²) in [5, 5.41) is 10.0. The Kier molecular flexibility index (Phi) is 7.11. The number of nitrogens with two attached hydrogens (primary N) is 1. The molecule has 0 unspecified atom stereocenters. The Morgan fingerprint density at radius 1 is 1.31 bits per heavy atom. The number of carbonyl (C=O) groups is 2. The van der Waals surface area contributed by atoms with Crippen LogP contribution in [0.25, 0.3) is 11.0 Å². The number of aryl methyl sites for hydroxylation is 1. The van der Waals surface area contributed by atoms with Crippen molar-refractivity contribution in [3.63, 3.8) is 0 Å². The van der Waals surface area contributed by atoms with Crippen LogP contribution in [0.3, 0.4) is 0 Å². The van der Waals surface area contributed by atoms with Crippen LogP contribution in [0.5, 0.6) is 0 Å². The average Bonchev–Trinajstić information content (AvgIpc) is 3.50. The van der Waals surface area contributed by atoms with E-state index in [0.717, 1.165) is 24.8 Å². The summed E-state index contributed by atoms with van der Waals surface area (Å²) in [6, 6.07) is 7.40. The normalized spacial score (nSPS) is 16.0. The van der Waals surface area contributed by atoms with E-state index in [1.165, 1.54) is 11.8 Å². The van der Waals surface area contributed by atoms with E-state index < -0.39 is 5.97 Å². The van der Waals surface area contributed by atoms with Crippen molar-refractivity contribution in [2.75, 3.05) is 13.2 Å². The Balaban J connectivity index is 1.59. The van der Waals surface area contributed by atoms with Gasteiger partial charge in [-0.3, -0.25) is 4.79 Å². The maximum atomic E-state index is 12.6. The standard InChI is InChI=1S/C22H26N4O5S/c1-2-29-21(28)20-15-7-3-4-8-16(15)31-17(20)13-32-22-25-24-19(10-9-18(23)27)26(22)12-14-6-5-11-30-14/h3-4,7-8,14H,2,5-6,9-13H2,1H3,(H2,23,27)/t14-/m0/s1. The van der Waals surface area contributed by atoms with E-state index in [9.17, 15) is 9.59 Å². The molecule has 0 bridgehead atoms. The Hall–Kier alpha value is -2.85. The molecule has 1 aliphatic heterocycles. The summed E-state index contributed by atoms with van der Waals surface area (Å²) in [5.41, 5.74) is 6.39. The van der Waals surface area contributed by atoms with Gasteiger partial charge in [0, 0.05) is 24.8 Å². The lowest BCUT2D eigenvalue weighted by Gasteiger charge is -2.14. The van der Waals surface area contributed by atoms with Crippen LogP contribution in [-0.2, 0) is 33.0 Å². The van der Waals surface area contributed by atoms with E-state index >= 15 is 0 Å². The fourth-order valence-corrected chi connectivity index (χ4v) is 4.67. The molecule has 1 fully saturated rings. The van der Waals surface area contributed by atoms with Gasteiger partial charge in [-0.05, 0) is 25.8 Å². The maximum absolute atomic E-state index is 12.6. The molecule has 4 rings (SSSR count). The number of esters is 1. The number of primary amides is 1. The number of furan rings is 1. The van der Waals surface area contributed by atoms with Crippen LogP contribution in [0.4, 0.5) is 0 Å². The minimum Gasteiger partial charge on any atom is -0.462 e. The molecule has 0 spiro atoms. The summed E-state index contributed by atoms with van der Waals surface area (Å²) in [5.74, 6) is 0.808. The van der Waals surface area contributed by atoms with E-state index in [4.69, 9.17) is 19.6 Å². The number of para-hydroxylation sites is 1. The first kappa shape index (κ1) is 22.3. The van der Waals surface area contributed by atoms with Crippen LogP contribution < -0.4 is 5.73 Å². The first-order chi connectivity index (χ1) is 15.6. The zero-order valence-electron chi connectivity index (χ0n) is 17.9. The van der Waals surface area contributed by atoms with Gasteiger partial charge in [0.1, 0.15) is 22.7 Å². The third kappa shape index (κ3) is 4.97. The fourth-order valence-electron chi connectivity index (χ4n) is 3.78. The van der Waals surface area contributed by atoms with Crippen LogP contribution >= 0.6 is 11.8 Å². The molecule has 3 aromatic rings. The van der Waals surface area contributed by atoms with Gasteiger partial charge in [0.15, 0.2) is 5.16 Å². The van der Waals surface area contributed by atoms with Gasteiger partial charge in [-0.15, -0.1) is 10.2 Å². The third-order valence-electron chi connectivity index (χ3n) is 5.28. The molecule has 1 aromatic carbocycles. The molecule has 0 aliphatic carbocycles. The second-order valence-corrected chi connectivity index (χ2v) is 8.46. The first-order valence-electron chi connectivity index (χ1n) is 10.7. The second kappa shape index (κ2) is 10.2. The highest BCUT2D eigenvalue weighted by Gasteiger charge is 2.24. The van der Waals surface area contributed by atoms with Crippen molar-refractivity contribution in [2.24, 2.45) is 5.73 Å². The molecule has 0 saturated carbocycles. The van der Waals surface area contributed by atoms with Crippen molar-refractivity contribution < 1.29 is 23.5 Å². The molecular formula is C22H26N4O5S. The molecule has 2 aromatic heterocycles. The zero-order chi connectivity index (χ0) is 22.5. The quantitative estimate of drug-likeness (QED) is 0.363. The monoisotopic (exact) mass is 458 g/mol. The van der Waals surface area contributed by atoms with E-state index in [2.05, 4.69) is 10.2 Å². The third-order valence-corrected chi connectivity index (χ3v) is 6.25. The predicted octanol–water partition coefficient (Wildman–Crippen LogP) is 3.09. The van der Waals surface area contributed by atoms with Gasteiger partial charge >= 0.3 is 5.97 Å². The molecule has 1 atom stereocenters. The number of rotatable bonds is 10. The van der Waals surface area contributed by atoms with Gasteiger partial charge in [0.2, 0.25) is 5.91 Å². The Morgan fingerprint density at radius 3 is 2.91 bits per heavy atom. The molecule has 170 valence electrons. The number of nitrogens with zero attached hydrogens (tertiary/aromatic N) is 3. The first-order valence-corrected chi connectivity index (χ1v) is 11.7. The highest BCUT2D eigenvalue weighted by Crippen LogP contribution is 2.32. The highest BCUT2D eigenvalue weighted by molar-refractivity contribution is 7.98. The van der Waals surface area contributed by atoms with Crippen molar-refractivity contribution in [1.82, 2.24) is 14.8 Å². The summed E-state index contributed by atoms with van der Waals surface area (Å²) >= 11 is 1.42. The molecule has 2 N–H and O–H groups in total. The van der Waals surface area contributed by atoms with Crippen molar-refractivity contribution in [3.05, 3.63) is 41.4 Å². The average molecular weight is 459 g/mol. The largest absolute Gasteiger partial charge is 0.462 e. The molecule has 1 saturated heterocycles. The van der Waals surface area contributed by atoms with E-state index in [1.807, 2.05) is 28.8 Å². The molecule has 32 heavy (non-hydrogen) atoms. The molecule has 0 radical (unpaired) electrons. The zero-order valence-corrected chi connectivity index (χ0v) is 18.7. The number of thioether (sulfide) groups is 1. The smallest absolute Gasteiger partial charge is 0.342 e. The molecule has 1 aliphatic rings. The summed E-state index contributed by atoms with van der Waals surface area (Å²) in [4.78, 5) is 23.9.